The Hall–Kier alpha value is -1.63. The molecule has 3 rings (SSSR count). The van der Waals surface area contributed by atoms with Gasteiger partial charge in [0.25, 0.3) is 0 Å². The molecule has 1 saturated carbocycles. The van der Waals surface area contributed by atoms with Crippen molar-refractivity contribution in [2.75, 3.05) is 45.8 Å². The second kappa shape index (κ2) is 9.53. The van der Waals surface area contributed by atoms with Crippen LogP contribution in [0.5, 0.6) is 0 Å². The molecule has 152 valence electrons. The molecule has 0 aromatic rings. The number of likely N-dealkylation sites (tertiary alicyclic amines) is 1. The fraction of sp³-hybridized carbons (Fsp3) is 0.850. The van der Waals surface area contributed by atoms with Crippen LogP contribution >= 0.6 is 0 Å². The lowest BCUT2D eigenvalue weighted by Gasteiger charge is -2.37. The maximum atomic E-state index is 12.6. The van der Waals surface area contributed by atoms with E-state index in [1.54, 1.807) is 4.90 Å². The van der Waals surface area contributed by atoms with Gasteiger partial charge in [0.15, 0.2) is 0 Å². The van der Waals surface area contributed by atoms with Gasteiger partial charge in [0.2, 0.25) is 17.7 Å². The fourth-order valence-electron chi connectivity index (χ4n) is 4.67. The van der Waals surface area contributed by atoms with Crippen molar-refractivity contribution in [3.8, 4) is 0 Å². The second-order valence-corrected chi connectivity index (χ2v) is 8.43. The highest BCUT2D eigenvalue weighted by atomic mass is 16.2. The molecule has 7 heteroatoms. The number of amides is 3. The molecule has 3 amide bonds. The molecule has 0 spiro atoms. The third-order valence-electron chi connectivity index (χ3n) is 6.50. The minimum atomic E-state index is -0.308. The lowest BCUT2D eigenvalue weighted by Crippen LogP contribution is -2.53. The summed E-state index contributed by atoms with van der Waals surface area (Å²) in [5.74, 6) is 0.575. The van der Waals surface area contributed by atoms with Crippen LogP contribution in [0, 0.1) is 11.8 Å². The highest BCUT2D eigenvalue weighted by Crippen LogP contribution is 2.28. The van der Waals surface area contributed by atoms with Gasteiger partial charge in [0.05, 0.1) is 12.5 Å². The Morgan fingerprint density at radius 3 is 2.19 bits per heavy atom. The molecule has 1 aliphatic carbocycles. The highest BCUT2D eigenvalue weighted by Gasteiger charge is 2.29. The van der Waals surface area contributed by atoms with Gasteiger partial charge in [-0.3, -0.25) is 19.3 Å². The normalized spacial score (nSPS) is 25.0. The Balaban J connectivity index is 1.36. The first-order valence-electron chi connectivity index (χ1n) is 10.6. The number of primary amides is 1. The van der Waals surface area contributed by atoms with Gasteiger partial charge < -0.3 is 15.5 Å². The zero-order valence-electron chi connectivity index (χ0n) is 16.4. The zero-order chi connectivity index (χ0) is 19.2. The summed E-state index contributed by atoms with van der Waals surface area (Å²) >= 11 is 0. The van der Waals surface area contributed by atoms with Crippen molar-refractivity contribution in [2.24, 2.45) is 17.6 Å². The van der Waals surface area contributed by atoms with Gasteiger partial charge in [-0.15, -0.1) is 0 Å². The molecule has 3 fully saturated rings. The molecule has 1 unspecified atom stereocenters. The van der Waals surface area contributed by atoms with Crippen LogP contribution in [0.4, 0.5) is 0 Å². The topological polar surface area (TPSA) is 86.9 Å². The van der Waals surface area contributed by atoms with Crippen molar-refractivity contribution < 1.29 is 14.4 Å². The van der Waals surface area contributed by atoms with Crippen LogP contribution < -0.4 is 5.73 Å². The van der Waals surface area contributed by atoms with Crippen molar-refractivity contribution in [1.29, 1.82) is 0 Å². The quantitative estimate of drug-likeness (QED) is 0.741. The van der Waals surface area contributed by atoms with E-state index in [-0.39, 0.29) is 23.6 Å². The van der Waals surface area contributed by atoms with Crippen LogP contribution in [-0.4, -0.2) is 78.2 Å². The van der Waals surface area contributed by atoms with E-state index in [0.29, 0.717) is 39.1 Å². The maximum absolute atomic E-state index is 12.6. The van der Waals surface area contributed by atoms with Gasteiger partial charge in [-0.1, -0.05) is 25.7 Å². The van der Waals surface area contributed by atoms with Gasteiger partial charge in [0, 0.05) is 45.7 Å². The molecular formula is C20H34N4O3. The van der Waals surface area contributed by atoms with Crippen molar-refractivity contribution >= 4 is 17.7 Å². The predicted octanol–water partition coefficient (Wildman–Crippen LogP) is 0.825. The Morgan fingerprint density at radius 1 is 0.815 bits per heavy atom. The fourth-order valence-corrected chi connectivity index (χ4v) is 4.67. The molecule has 2 aliphatic heterocycles. The SMILES string of the molecule is NC(=O)C1CCCN(C(=O)CN2CCN(C(=O)CCC3CCCC3)CC2)C1. The molecule has 3 aliphatic rings. The van der Waals surface area contributed by atoms with E-state index in [9.17, 15) is 14.4 Å². The average molecular weight is 379 g/mol. The van der Waals surface area contributed by atoms with Crippen LogP contribution in [0.25, 0.3) is 0 Å². The molecule has 0 aromatic heterocycles. The summed E-state index contributed by atoms with van der Waals surface area (Å²) in [6.07, 6.45) is 8.54. The van der Waals surface area contributed by atoms with Crippen LogP contribution in [0.2, 0.25) is 0 Å². The lowest BCUT2D eigenvalue weighted by atomic mass is 9.97. The maximum Gasteiger partial charge on any atom is 0.236 e. The number of carbonyl (C=O) groups excluding carboxylic acids is 3. The Bertz CT molecular complexity index is 539. The number of hydrogen-bond donors (Lipinski definition) is 1. The second-order valence-electron chi connectivity index (χ2n) is 8.43. The summed E-state index contributed by atoms with van der Waals surface area (Å²) in [6, 6.07) is 0. The summed E-state index contributed by atoms with van der Waals surface area (Å²) in [5.41, 5.74) is 5.40. The van der Waals surface area contributed by atoms with Crippen LogP contribution in [-0.2, 0) is 14.4 Å². The van der Waals surface area contributed by atoms with Crippen LogP contribution in [0.1, 0.15) is 51.4 Å². The molecule has 2 saturated heterocycles. The van der Waals surface area contributed by atoms with E-state index in [1.807, 2.05) is 4.90 Å². The predicted molar refractivity (Wildman–Crippen MR) is 103 cm³/mol. The van der Waals surface area contributed by atoms with E-state index in [4.69, 9.17) is 5.73 Å². The molecule has 7 nitrogen and oxygen atoms in total. The van der Waals surface area contributed by atoms with Gasteiger partial charge in [0.1, 0.15) is 0 Å². The third-order valence-corrected chi connectivity index (χ3v) is 6.50. The summed E-state index contributed by atoms with van der Waals surface area (Å²) < 4.78 is 0. The molecule has 0 aromatic carbocycles. The van der Waals surface area contributed by atoms with E-state index in [2.05, 4.69) is 4.90 Å². The summed E-state index contributed by atoms with van der Waals surface area (Å²) in [6.45, 7) is 4.44. The number of nitrogens with two attached hydrogens (primary N) is 1. The number of hydrogen-bond acceptors (Lipinski definition) is 4. The van der Waals surface area contributed by atoms with E-state index in [1.165, 1.54) is 25.7 Å². The Morgan fingerprint density at radius 2 is 1.52 bits per heavy atom. The van der Waals surface area contributed by atoms with Gasteiger partial charge >= 0.3 is 0 Å². The number of carbonyl (C=O) groups is 3. The molecule has 2 N–H and O–H groups in total. The smallest absolute Gasteiger partial charge is 0.236 e. The number of nitrogens with zero attached hydrogens (tertiary/aromatic N) is 3. The van der Waals surface area contributed by atoms with E-state index in [0.717, 1.165) is 38.3 Å². The first-order chi connectivity index (χ1) is 13.0. The monoisotopic (exact) mass is 378 g/mol. The van der Waals surface area contributed by atoms with Gasteiger partial charge in [-0.25, -0.2) is 0 Å². The molecule has 0 radical (unpaired) electrons. The zero-order valence-corrected chi connectivity index (χ0v) is 16.4. The summed E-state index contributed by atoms with van der Waals surface area (Å²) in [5, 5.41) is 0. The molecule has 0 bridgehead atoms. The van der Waals surface area contributed by atoms with E-state index >= 15 is 0 Å². The first-order valence-corrected chi connectivity index (χ1v) is 10.6. The molecule has 27 heavy (non-hydrogen) atoms. The van der Waals surface area contributed by atoms with Gasteiger partial charge in [-0.05, 0) is 25.2 Å². The number of piperazine rings is 1. The Kier molecular flexibility index (Phi) is 7.10. The standard InChI is InChI=1S/C20H34N4O3/c21-20(27)17-6-3-9-24(14-17)19(26)15-22-10-12-23(13-11-22)18(25)8-7-16-4-1-2-5-16/h16-17H,1-15H2,(H2,21,27). The van der Waals surface area contributed by atoms with Crippen molar-refractivity contribution in [3.63, 3.8) is 0 Å². The molecular weight excluding hydrogens is 344 g/mol. The highest BCUT2D eigenvalue weighted by molar-refractivity contribution is 5.81. The molecule has 2 heterocycles. The van der Waals surface area contributed by atoms with Crippen molar-refractivity contribution in [2.45, 2.75) is 51.4 Å². The molecule has 1 atom stereocenters. The Labute approximate surface area is 162 Å². The van der Waals surface area contributed by atoms with Crippen LogP contribution in [0.3, 0.4) is 0 Å². The summed E-state index contributed by atoms with van der Waals surface area (Å²) in [4.78, 5) is 42.2. The van der Waals surface area contributed by atoms with E-state index < -0.39 is 0 Å². The minimum absolute atomic E-state index is 0.0713. The summed E-state index contributed by atoms with van der Waals surface area (Å²) in [7, 11) is 0. The average Bonchev–Trinajstić information content (AvgIpc) is 3.20. The lowest BCUT2D eigenvalue weighted by molar-refractivity contribution is -0.137. The van der Waals surface area contributed by atoms with Crippen molar-refractivity contribution in [1.82, 2.24) is 14.7 Å². The number of rotatable bonds is 6. The number of piperidine rings is 1. The largest absolute Gasteiger partial charge is 0.369 e. The van der Waals surface area contributed by atoms with Crippen molar-refractivity contribution in [3.05, 3.63) is 0 Å². The minimum Gasteiger partial charge on any atom is -0.369 e. The van der Waals surface area contributed by atoms with Crippen LogP contribution in [0.15, 0.2) is 0 Å². The first kappa shape index (κ1) is 20.1. The third kappa shape index (κ3) is 5.67. The van der Waals surface area contributed by atoms with Gasteiger partial charge in [-0.2, -0.15) is 0 Å².